The van der Waals surface area contributed by atoms with Gasteiger partial charge >= 0.3 is 0 Å². The second-order valence-electron chi connectivity index (χ2n) is 8.09. The number of fused-ring (bicyclic) bond motifs is 1. The van der Waals surface area contributed by atoms with E-state index in [1.165, 1.54) is 37.8 Å². The van der Waals surface area contributed by atoms with Gasteiger partial charge in [0.1, 0.15) is 0 Å². The van der Waals surface area contributed by atoms with Crippen molar-refractivity contribution < 1.29 is 0 Å². The van der Waals surface area contributed by atoms with E-state index in [-0.39, 0.29) is 6.04 Å². The molecule has 1 nitrogen and oxygen atoms in total. The molecule has 0 spiro atoms. The van der Waals surface area contributed by atoms with Crippen LogP contribution in [0.25, 0.3) is 10.8 Å². The summed E-state index contributed by atoms with van der Waals surface area (Å²) < 4.78 is 0. The molecular formula is C31H26NP. The predicted octanol–water partition coefficient (Wildman–Crippen LogP) is 6.78. The number of hydrogen-bond acceptors (Lipinski definition) is 1. The highest BCUT2D eigenvalue weighted by Crippen LogP contribution is 2.34. The molecule has 0 aliphatic carbocycles. The van der Waals surface area contributed by atoms with Gasteiger partial charge in [-0.15, -0.1) is 0 Å². The molecule has 160 valence electrons. The van der Waals surface area contributed by atoms with Crippen LogP contribution in [-0.2, 0) is 0 Å². The fraction of sp³-hybridized carbons (Fsp3) is 0.0645. The van der Waals surface area contributed by atoms with Crippen molar-refractivity contribution in [2.45, 2.75) is 13.0 Å². The average molecular weight is 444 g/mol. The number of hydrogen-bond donors (Lipinski definition) is 0. The minimum Gasteiger partial charge on any atom is -0.285 e. The maximum Gasteiger partial charge on any atom is 0.0727 e. The van der Waals surface area contributed by atoms with Crippen molar-refractivity contribution in [2.24, 2.45) is 4.99 Å². The molecule has 0 aromatic heterocycles. The van der Waals surface area contributed by atoms with Crippen LogP contribution < -0.4 is 15.9 Å². The number of rotatable bonds is 6. The third-order valence-electron chi connectivity index (χ3n) is 5.92. The van der Waals surface area contributed by atoms with E-state index in [0.29, 0.717) is 0 Å². The van der Waals surface area contributed by atoms with Gasteiger partial charge in [0.05, 0.1) is 6.04 Å². The van der Waals surface area contributed by atoms with E-state index in [2.05, 4.69) is 141 Å². The van der Waals surface area contributed by atoms with Crippen LogP contribution in [0.3, 0.4) is 0 Å². The van der Waals surface area contributed by atoms with Gasteiger partial charge in [-0.25, -0.2) is 0 Å². The molecule has 0 amide bonds. The monoisotopic (exact) mass is 443 g/mol. The highest BCUT2D eigenvalue weighted by atomic mass is 31.1. The van der Waals surface area contributed by atoms with Crippen LogP contribution in [-0.4, -0.2) is 6.21 Å². The Morgan fingerprint density at radius 3 is 1.91 bits per heavy atom. The number of nitrogens with zero attached hydrogens (tertiary/aromatic N) is 1. The van der Waals surface area contributed by atoms with Gasteiger partial charge in [-0.3, -0.25) is 4.99 Å². The molecule has 0 radical (unpaired) electrons. The van der Waals surface area contributed by atoms with Crippen molar-refractivity contribution in [3.05, 3.63) is 139 Å². The molecule has 0 fully saturated rings. The van der Waals surface area contributed by atoms with Crippen molar-refractivity contribution in [1.82, 2.24) is 0 Å². The first-order valence-corrected chi connectivity index (χ1v) is 12.7. The lowest BCUT2D eigenvalue weighted by atomic mass is 10.00. The molecular weight excluding hydrogens is 417 g/mol. The van der Waals surface area contributed by atoms with Crippen molar-refractivity contribution in [2.75, 3.05) is 0 Å². The van der Waals surface area contributed by atoms with Crippen molar-refractivity contribution in [3.63, 3.8) is 0 Å². The minimum atomic E-state index is -0.671. The predicted molar refractivity (Wildman–Crippen MR) is 145 cm³/mol. The summed E-state index contributed by atoms with van der Waals surface area (Å²) in [6, 6.07) is 45.5. The molecule has 33 heavy (non-hydrogen) atoms. The lowest BCUT2D eigenvalue weighted by Gasteiger charge is -2.21. The van der Waals surface area contributed by atoms with Crippen LogP contribution in [0, 0.1) is 0 Å². The third kappa shape index (κ3) is 4.65. The highest BCUT2D eigenvalue weighted by Gasteiger charge is 2.18. The first-order valence-electron chi connectivity index (χ1n) is 11.3. The van der Waals surface area contributed by atoms with Crippen LogP contribution in [0.4, 0.5) is 0 Å². The molecule has 0 bridgehead atoms. The largest absolute Gasteiger partial charge is 0.285 e. The summed E-state index contributed by atoms with van der Waals surface area (Å²) >= 11 is 0. The van der Waals surface area contributed by atoms with Crippen molar-refractivity contribution in [3.8, 4) is 0 Å². The topological polar surface area (TPSA) is 12.4 Å². The van der Waals surface area contributed by atoms with Gasteiger partial charge in [-0.2, -0.15) is 0 Å². The van der Waals surface area contributed by atoms with Crippen LogP contribution in [0.5, 0.6) is 0 Å². The van der Waals surface area contributed by atoms with E-state index in [4.69, 9.17) is 4.99 Å². The molecule has 5 aromatic rings. The Morgan fingerprint density at radius 1 is 0.606 bits per heavy atom. The van der Waals surface area contributed by atoms with Gasteiger partial charge in [0.25, 0.3) is 0 Å². The minimum absolute atomic E-state index is 0.0730. The van der Waals surface area contributed by atoms with Gasteiger partial charge in [0.15, 0.2) is 0 Å². The number of benzene rings is 5. The smallest absolute Gasteiger partial charge is 0.0727 e. The summed E-state index contributed by atoms with van der Waals surface area (Å²) in [6.45, 7) is 2.18. The van der Waals surface area contributed by atoms with E-state index in [1.807, 2.05) is 0 Å². The SMILES string of the molecule is C[C@H](N=Cc1ccccc1P(c1ccccc1)c1ccccc1)c1cccc2ccccc12. The first kappa shape index (κ1) is 21.3. The highest BCUT2D eigenvalue weighted by molar-refractivity contribution is 7.80. The zero-order valence-electron chi connectivity index (χ0n) is 18.7. The standard InChI is InChI=1S/C31H26NP/c1-24(29-21-12-15-25-13-8-10-20-30(25)29)32-23-26-14-9-11-22-31(26)33(27-16-4-2-5-17-27)28-18-6-3-7-19-28/h2-24H,1H3/t24-/m0/s1. The van der Waals surface area contributed by atoms with Gasteiger partial charge in [0.2, 0.25) is 0 Å². The molecule has 0 aliphatic heterocycles. The summed E-state index contributed by atoms with van der Waals surface area (Å²) in [5, 5.41) is 6.56. The van der Waals surface area contributed by atoms with Crippen LogP contribution >= 0.6 is 7.92 Å². The zero-order chi connectivity index (χ0) is 22.5. The molecule has 2 heteroatoms. The third-order valence-corrected chi connectivity index (χ3v) is 8.44. The van der Waals surface area contributed by atoms with Gasteiger partial charge < -0.3 is 0 Å². The molecule has 5 rings (SSSR count). The molecule has 0 N–H and O–H groups in total. The fourth-order valence-electron chi connectivity index (χ4n) is 4.27. The molecule has 5 aromatic carbocycles. The maximum absolute atomic E-state index is 5.03. The van der Waals surface area contributed by atoms with Crippen LogP contribution in [0.15, 0.2) is 132 Å². The Bertz CT molecular complexity index is 1330. The van der Waals surface area contributed by atoms with Gasteiger partial charge in [-0.05, 0) is 47.1 Å². The average Bonchev–Trinajstić information content (AvgIpc) is 2.89. The lowest BCUT2D eigenvalue weighted by molar-refractivity contribution is 0.834. The van der Waals surface area contributed by atoms with Gasteiger partial charge in [0, 0.05) is 11.8 Å². The van der Waals surface area contributed by atoms with Crippen molar-refractivity contribution >= 4 is 40.8 Å². The molecule has 0 heterocycles. The zero-order valence-corrected chi connectivity index (χ0v) is 19.6. The Labute approximate surface area is 197 Å². The van der Waals surface area contributed by atoms with E-state index >= 15 is 0 Å². The van der Waals surface area contributed by atoms with Gasteiger partial charge in [-0.1, -0.05) is 127 Å². The van der Waals surface area contributed by atoms with E-state index in [1.54, 1.807) is 0 Å². The Kier molecular flexibility index (Phi) is 6.42. The summed E-state index contributed by atoms with van der Waals surface area (Å²) in [7, 11) is -0.671. The second-order valence-corrected chi connectivity index (χ2v) is 10.3. The molecule has 0 aliphatic rings. The molecule has 1 atom stereocenters. The first-order chi connectivity index (χ1) is 16.3. The Hall–Kier alpha value is -3.54. The summed E-state index contributed by atoms with van der Waals surface area (Å²) in [5.74, 6) is 0. The normalized spacial score (nSPS) is 12.4. The molecule has 0 unspecified atom stereocenters. The Balaban J connectivity index is 1.55. The van der Waals surface area contributed by atoms with Crippen molar-refractivity contribution in [1.29, 1.82) is 0 Å². The van der Waals surface area contributed by atoms with E-state index < -0.39 is 7.92 Å². The maximum atomic E-state index is 5.03. The van der Waals surface area contributed by atoms with Crippen LogP contribution in [0.1, 0.15) is 24.1 Å². The summed E-state index contributed by atoms with van der Waals surface area (Å²) in [6.07, 6.45) is 2.07. The summed E-state index contributed by atoms with van der Waals surface area (Å²) in [4.78, 5) is 5.03. The fourth-order valence-corrected chi connectivity index (χ4v) is 6.69. The summed E-state index contributed by atoms with van der Waals surface area (Å²) in [5.41, 5.74) is 2.44. The van der Waals surface area contributed by atoms with Crippen LogP contribution in [0.2, 0.25) is 0 Å². The van der Waals surface area contributed by atoms with E-state index in [0.717, 1.165) is 0 Å². The lowest BCUT2D eigenvalue weighted by Crippen LogP contribution is -2.23. The Morgan fingerprint density at radius 2 is 1.18 bits per heavy atom. The quantitative estimate of drug-likeness (QED) is 0.203. The molecule has 0 saturated carbocycles. The molecule has 0 saturated heterocycles. The second kappa shape index (κ2) is 9.94. The van der Waals surface area contributed by atoms with E-state index in [9.17, 15) is 0 Å². The number of aliphatic imine (C=N–C) groups is 1.